The average molecular weight is 614 g/mol. The van der Waals surface area contributed by atoms with Crippen molar-refractivity contribution in [1.29, 1.82) is 0 Å². The van der Waals surface area contributed by atoms with Gasteiger partial charge in [-0.1, -0.05) is 145 Å². The summed E-state index contributed by atoms with van der Waals surface area (Å²) in [4.78, 5) is 9.69. The van der Waals surface area contributed by atoms with Gasteiger partial charge >= 0.3 is 0 Å². The molecule has 7 aromatic carbocycles. The SMILES string of the molecule is [2H]c1c([2H])c([2H])c(-c2ccc3c(C4=NC(c5c([2H])c([2H])c([2H])c([2H])c5[2H])N=C(c5ccc(-c6cccc7oc8ccccc8c67)cc5)N4)cccc3c2)c([2H])c1[2H]. The lowest BCUT2D eigenvalue weighted by Gasteiger charge is -2.23. The highest BCUT2D eigenvalue weighted by Crippen LogP contribution is 2.37. The number of nitrogens with one attached hydrogen (secondary N) is 1. The molecule has 1 atom stereocenters. The van der Waals surface area contributed by atoms with E-state index >= 15 is 0 Å². The van der Waals surface area contributed by atoms with Gasteiger partial charge in [-0.2, -0.15) is 0 Å². The second-order valence-corrected chi connectivity index (χ2v) is 11.1. The van der Waals surface area contributed by atoms with E-state index in [1.807, 2.05) is 78.9 Å². The third-order valence-electron chi connectivity index (χ3n) is 8.31. The Morgan fingerprint density at radius 3 is 2.06 bits per heavy atom. The predicted molar refractivity (Wildman–Crippen MR) is 194 cm³/mol. The van der Waals surface area contributed by atoms with E-state index in [0.717, 1.165) is 33.1 Å². The summed E-state index contributed by atoms with van der Waals surface area (Å²) in [5.74, 6) is 0.694. The number of amidine groups is 2. The quantitative estimate of drug-likeness (QED) is 0.210. The highest BCUT2D eigenvalue weighted by atomic mass is 16.3. The largest absolute Gasteiger partial charge is 0.456 e. The molecular formula is C43H29N3O. The second-order valence-electron chi connectivity index (χ2n) is 11.1. The van der Waals surface area contributed by atoms with E-state index < -0.39 is 54.5 Å². The molecule has 0 saturated heterocycles. The molecule has 0 amide bonds. The number of hydrogen-bond acceptors (Lipinski definition) is 4. The van der Waals surface area contributed by atoms with Gasteiger partial charge in [0.15, 0.2) is 6.17 Å². The zero-order chi connectivity index (χ0) is 39.9. The van der Waals surface area contributed by atoms with Crippen LogP contribution in [0.15, 0.2) is 178 Å². The Bertz CT molecular complexity index is 3010. The predicted octanol–water partition coefficient (Wildman–Crippen LogP) is 10.6. The van der Waals surface area contributed by atoms with Crippen molar-refractivity contribution in [3.63, 3.8) is 0 Å². The molecule has 1 N–H and O–H groups in total. The van der Waals surface area contributed by atoms with Gasteiger partial charge in [0.05, 0.1) is 13.7 Å². The second kappa shape index (κ2) is 11.3. The van der Waals surface area contributed by atoms with E-state index in [0.29, 0.717) is 39.1 Å². The molecular weight excluding hydrogens is 574 g/mol. The first-order valence-corrected chi connectivity index (χ1v) is 15.0. The van der Waals surface area contributed by atoms with Gasteiger partial charge in [-0.15, -0.1) is 0 Å². The molecule has 2 heterocycles. The van der Waals surface area contributed by atoms with Crippen LogP contribution in [0.25, 0.3) is 55.0 Å². The van der Waals surface area contributed by atoms with E-state index in [2.05, 4.69) is 5.32 Å². The van der Waals surface area contributed by atoms with Gasteiger partial charge in [-0.25, -0.2) is 9.98 Å². The smallest absolute Gasteiger partial charge is 0.169 e. The van der Waals surface area contributed by atoms with Gasteiger partial charge in [0, 0.05) is 21.9 Å². The highest BCUT2D eigenvalue weighted by molar-refractivity contribution is 6.20. The number of para-hydroxylation sites is 1. The monoisotopic (exact) mass is 613 g/mol. The van der Waals surface area contributed by atoms with Crippen molar-refractivity contribution in [1.82, 2.24) is 5.32 Å². The van der Waals surface area contributed by atoms with Crippen molar-refractivity contribution < 1.29 is 18.1 Å². The lowest BCUT2D eigenvalue weighted by molar-refractivity contribution is 0.669. The average Bonchev–Trinajstić information content (AvgIpc) is 3.62. The highest BCUT2D eigenvalue weighted by Gasteiger charge is 2.22. The maximum Gasteiger partial charge on any atom is 0.169 e. The Balaban J connectivity index is 1.17. The normalized spacial score (nSPS) is 17.6. The first-order valence-electron chi connectivity index (χ1n) is 20.0. The summed E-state index contributed by atoms with van der Waals surface area (Å²) in [6, 6.07) is 28.0. The van der Waals surface area contributed by atoms with E-state index in [-0.39, 0.29) is 23.2 Å². The fourth-order valence-electron chi connectivity index (χ4n) is 6.11. The summed E-state index contributed by atoms with van der Waals surface area (Å²) >= 11 is 0. The van der Waals surface area contributed by atoms with E-state index in [1.54, 1.807) is 24.3 Å². The van der Waals surface area contributed by atoms with Crippen LogP contribution in [-0.4, -0.2) is 11.7 Å². The van der Waals surface area contributed by atoms with Gasteiger partial charge in [0.1, 0.15) is 22.8 Å². The van der Waals surface area contributed by atoms with E-state index in [1.165, 1.54) is 0 Å². The van der Waals surface area contributed by atoms with Gasteiger partial charge in [0.25, 0.3) is 0 Å². The van der Waals surface area contributed by atoms with Gasteiger partial charge in [-0.3, -0.25) is 0 Å². The zero-order valence-electron chi connectivity index (χ0n) is 34.7. The molecule has 9 rings (SSSR count). The van der Waals surface area contributed by atoms with Crippen LogP contribution in [0.5, 0.6) is 0 Å². The van der Waals surface area contributed by atoms with Crippen LogP contribution in [0.4, 0.5) is 0 Å². The maximum absolute atomic E-state index is 8.75. The Kier molecular flexibility index (Phi) is 4.47. The van der Waals surface area contributed by atoms with Crippen LogP contribution >= 0.6 is 0 Å². The van der Waals surface area contributed by atoms with Crippen molar-refractivity contribution in [2.75, 3.05) is 0 Å². The van der Waals surface area contributed by atoms with E-state index in [9.17, 15) is 0 Å². The summed E-state index contributed by atoms with van der Waals surface area (Å²) in [5.41, 5.74) is 5.21. The fourth-order valence-corrected chi connectivity index (χ4v) is 6.11. The summed E-state index contributed by atoms with van der Waals surface area (Å²) in [6.45, 7) is 0. The molecule has 1 unspecified atom stereocenters. The molecule has 0 aliphatic carbocycles. The van der Waals surface area contributed by atoms with Crippen molar-refractivity contribution in [2.45, 2.75) is 6.17 Å². The van der Waals surface area contributed by atoms with Crippen molar-refractivity contribution >= 4 is 44.4 Å². The van der Waals surface area contributed by atoms with Crippen LogP contribution in [0.2, 0.25) is 0 Å². The van der Waals surface area contributed by atoms with Crippen LogP contribution < -0.4 is 5.32 Å². The topological polar surface area (TPSA) is 49.9 Å². The Hall–Kier alpha value is -6.26. The number of hydrogen-bond donors (Lipinski definition) is 1. The lowest BCUT2D eigenvalue weighted by Crippen LogP contribution is -2.36. The van der Waals surface area contributed by atoms with Gasteiger partial charge < -0.3 is 9.73 Å². The van der Waals surface area contributed by atoms with Crippen LogP contribution in [0.3, 0.4) is 0 Å². The van der Waals surface area contributed by atoms with Crippen molar-refractivity contribution in [2.24, 2.45) is 9.98 Å². The summed E-state index contributed by atoms with van der Waals surface area (Å²) in [5, 5.41) is 6.75. The van der Waals surface area contributed by atoms with E-state index in [4.69, 9.17) is 28.1 Å². The van der Waals surface area contributed by atoms with Crippen LogP contribution in [-0.2, 0) is 0 Å². The minimum Gasteiger partial charge on any atom is -0.456 e. The molecule has 8 aromatic rings. The molecule has 1 aliphatic heterocycles. The Morgan fingerprint density at radius 2 is 1.21 bits per heavy atom. The number of furan rings is 1. The molecule has 47 heavy (non-hydrogen) atoms. The molecule has 222 valence electrons. The molecule has 0 fully saturated rings. The third-order valence-corrected chi connectivity index (χ3v) is 8.31. The first-order chi connectivity index (χ1) is 27.4. The van der Waals surface area contributed by atoms with Crippen LogP contribution in [0, 0.1) is 0 Å². The van der Waals surface area contributed by atoms with Crippen LogP contribution in [0.1, 0.15) is 36.6 Å². The molecule has 0 bridgehead atoms. The minimum atomic E-state index is -1.21. The summed E-state index contributed by atoms with van der Waals surface area (Å²) < 4.78 is 89.9. The molecule has 4 heteroatoms. The molecule has 0 radical (unpaired) electrons. The molecule has 1 aromatic heterocycles. The fraction of sp³-hybridized carbons (Fsp3) is 0.0233. The van der Waals surface area contributed by atoms with Crippen molar-refractivity contribution in [3.8, 4) is 22.3 Å². The number of fused-ring (bicyclic) bond motifs is 4. The number of benzene rings is 7. The zero-order valence-corrected chi connectivity index (χ0v) is 24.7. The number of nitrogens with zero attached hydrogens (tertiary/aromatic N) is 2. The third kappa shape index (κ3) is 4.88. The maximum atomic E-state index is 8.75. The first kappa shape index (κ1) is 18.6. The summed E-state index contributed by atoms with van der Waals surface area (Å²) in [6.07, 6.45) is -1.21. The molecule has 0 spiro atoms. The Labute approximate surface area is 286 Å². The Morgan fingerprint density at radius 1 is 0.532 bits per heavy atom. The summed E-state index contributed by atoms with van der Waals surface area (Å²) in [7, 11) is 0. The lowest BCUT2D eigenvalue weighted by atomic mass is 9.97. The van der Waals surface area contributed by atoms with Gasteiger partial charge in [0.2, 0.25) is 0 Å². The molecule has 1 aliphatic rings. The van der Waals surface area contributed by atoms with Crippen molar-refractivity contribution in [3.05, 3.63) is 180 Å². The van der Waals surface area contributed by atoms with Gasteiger partial charge in [-0.05, 0) is 56.8 Å². The number of rotatable bonds is 5. The molecule has 4 nitrogen and oxygen atoms in total. The standard InChI is InChI=1S/C43H29N3O/c1-3-11-28(12-4-1)32-25-26-34-33(27-32)15-9-18-36(34)43-45-41(30-13-5-2-6-14-30)44-42(46-43)31-23-21-29(22-24-31)35-17-10-20-39-40(35)37-16-7-8-19-38(37)47-39/h1-27,41H,(H,44,45,46)/i1D,2D,3D,4D,5D,6D,11D,12D,13D,14D. The molecule has 0 saturated carbocycles. The number of aliphatic imine (C=N–C) groups is 2. The minimum absolute atomic E-state index is 0.0728.